The molecule has 4 aromatic carbocycles. The Morgan fingerprint density at radius 1 is 0.655 bits per heavy atom. The van der Waals surface area contributed by atoms with Crippen LogP contribution in [0.15, 0.2) is 69.3 Å². The van der Waals surface area contributed by atoms with Crippen molar-refractivity contribution < 1.29 is 19.1 Å². The number of nitrogens with one attached hydrogen (secondary N) is 2. The maximum Gasteiger partial charge on any atom is 0.234 e. The van der Waals surface area contributed by atoms with Crippen LogP contribution >= 0.6 is 46.2 Å². The van der Waals surface area contributed by atoms with Crippen molar-refractivity contribution in [3.63, 3.8) is 0 Å². The molecule has 2 heterocycles. The fourth-order valence-electron chi connectivity index (χ4n) is 6.48. The number of carbonyl (C=O) groups is 2. The van der Waals surface area contributed by atoms with Crippen molar-refractivity contribution in [1.29, 1.82) is 0 Å². The number of aromatic nitrogens is 2. The molecule has 55 heavy (non-hydrogen) atoms. The molecule has 0 saturated heterocycles. The second-order valence-corrected chi connectivity index (χ2v) is 18.5. The Bertz CT molecular complexity index is 2170. The summed E-state index contributed by atoms with van der Waals surface area (Å²) in [4.78, 5) is 35.9. The number of thioether (sulfide) groups is 2. The van der Waals surface area contributed by atoms with Crippen molar-refractivity contribution in [1.82, 2.24) is 9.97 Å². The summed E-state index contributed by atoms with van der Waals surface area (Å²) in [5.74, 6) is 2.51. The topological polar surface area (TPSA) is 102 Å². The van der Waals surface area contributed by atoms with Crippen LogP contribution in [-0.4, -0.2) is 46.5 Å². The van der Waals surface area contributed by atoms with E-state index >= 15 is 0 Å². The number of fused-ring (bicyclic) bond motifs is 2. The van der Waals surface area contributed by atoms with Crippen molar-refractivity contribution in [3.05, 3.63) is 94.0 Å². The number of hydrogen-bond donors (Lipinski definition) is 2. The van der Waals surface area contributed by atoms with Gasteiger partial charge in [0.2, 0.25) is 11.8 Å². The van der Waals surface area contributed by atoms with Crippen molar-refractivity contribution in [2.24, 2.45) is 0 Å². The van der Waals surface area contributed by atoms with E-state index in [0.717, 1.165) is 80.7 Å². The minimum Gasteiger partial charge on any atom is -0.494 e. The number of benzene rings is 4. The van der Waals surface area contributed by atoms with E-state index in [2.05, 4.69) is 76.4 Å². The van der Waals surface area contributed by atoms with Gasteiger partial charge in [0, 0.05) is 11.4 Å². The van der Waals surface area contributed by atoms with Gasteiger partial charge in [0.25, 0.3) is 0 Å². The number of carbonyl (C=O) groups excluding carboxylic acids is 2. The van der Waals surface area contributed by atoms with Crippen LogP contribution in [0.5, 0.6) is 11.5 Å². The van der Waals surface area contributed by atoms with Crippen LogP contribution < -0.4 is 20.1 Å². The molecule has 0 radical (unpaired) electrons. The molecule has 0 bridgehead atoms. The molecule has 6 aromatic rings. The van der Waals surface area contributed by atoms with E-state index in [-0.39, 0.29) is 35.2 Å². The Balaban J connectivity index is 1.11. The number of amides is 2. The molecule has 0 fully saturated rings. The van der Waals surface area contributed by atoms with Crippen molar-refractivity contribution in [2.75, 3.05) is 35.4 Å². The van der Waals surface area contributed by atoms with E-state index < -0.39 is 0 Å². The molecule has 0 aliphatic carbocycles. The van der Waals surface area contributed by atoms with Crippen LogP contribution in [0.3, 0.4) is 0 Å². The highest BCUT2D eigenvalue weighted by atomic mass is 32.2. The van der Waals surface area contributed by atoms with Crippen molar-refractivity contribution >= 4 is 89.8 Å². The summed E-state index contributed by atoms with van der Waals surface area (Å²) in [6, 6.07) is 20.6. The molecule has 0 atom stereocenters. The van der Waals surface area contributed by atoms with Crippen LogP contribution in [0.4, 0.5) is 11.4 Å². The summed E-state index contributed by atoms with van der Waals surface area (Å²) < 4.78 is 15.1. The second kappa shape index (κ2) is 18.2. The smallest absolute Gasteiger partial charge is 0.234 e. The summed E-state index contributed by atoms with van der Waals surface area (Å²) in [7, 11) is 0. The van der Waals surface area contributed by atoms with Crippen LogP contribution in [0.25, 0.3) is 20.4 Å². The van der Waals surface area contributed by atoms with E-state index in [1.54, 1.807) is 22.7 Å². The van der Waals surface area contributed by atoms with Crippen molar-refractivity contribution in [3.8, 4) is 11.5 Å². The lowest BCUT2D eigenvalue weighted by molar-refractivity contribution is -0.114. The summed E-state index contributed by atoms with van der Waals surface area (Å²) >= 11 is 6.05. The number of ether oxygens (including phenoxy) is 2. The van der Waals surface area contributed by atoms with E-state index in [0.29, 0.717) is 13.2 Å². The Morgan fingerprint density at radius 2 is 1.07 bits per heavy atom. The fourth-order valence-corrected chi connectivity index (χ4v) is 10.3. The molecule has 0 aliphatic heterocycles. The predicted molar refractivity (Wildman–Crippen MR) is 234 cm³/mol. The fraction of sp³-hybridized carbons (Fsp3) is 0.349. The van der Waals surface area contributed by atoms with Gasteiger partial charge in [-0.15, -0.1) is 22.7 Å². The zero-order chi connectivity index (χ0) is 39.2. The standard InChI is InChI=1S/C43H48N4O4S4/c1-9-50-30-11-13-34-36(20-30)54-42(44-34)52-22-38(48)46-40-26(7)15-28(18-32(40)24(3)4)17-29-16-27(8)41(33(19-29)25(5)6)47-39(49)23-53-43-45-35-14-12-31(51-10-2)21-37(35)55-43/h11-16,18-21,24-25H,9-10,17,22-23H2,1-8H3,(H,46,48)(H,47,49). The van der Waals surface area contributed by atoms with Gasteiger partial charge in [-0.2, -0.15) is 0 Å². The molecule has 0 saturated carbocycles. The third-order valence-electron chi connectivity index (χ3n) is 8.99. The number of hydrogen-bond acceptors (Lipinski definition) is 10. The molecule has 2 N–H and O–H groups in total. The quantitative estimate of drug-likeness (QED) is 0.0932. The van der Waals surface area contributed by atoms with Gasteiger partial charge < -0.3 is 20.1 Å². The average molecular weight is 813 g/mol. The summed E-state index contributed by atoms with van der Waals surface area (Å²) in [5, 5.41) is 6.44. The normalized spacial score (nSPS) is 11.5. The maximum absolute atomic E-state index is 13.3. The highest BCUT2D eigenvalue weighted by Gasteiger charge is 2.19. The van der Waals surface area contributed by atoms with Gasteiger partial charge in [-0.3, -0.25) is 9.59 Å². The molecular weight excluding hydrogens is 765 g/mol. The molecule has 2 amide bonds. The molecule has 0 spiro atoms. The molecule has 288 valence electrons. The minimum absolute atomic E-state index is 0.0542. The van der Waals surface area contributed by atoms with Gasteiger partial charge in [-0.05, 0) is 116 Å². The van der Waals surface area contributed by atoms with Crippen LogP contribution in [0, 0.1) is 13.8 Å². The first-order valence-corrected chi connectivity index (χ1v) is 22.2. The maximum atomic E-state index is 13.3. The lowest BCUT2D eigenvalue weighted by Gasteiger charge is -2.20. The summed E-state index contributed by atoms with van der Waals surface area (Å²) in [6.45, 7) is 17.9. The van der Waals surface area contributed by atoms with Gasteiger partial charge >= 0.3 is 0 Å². The van der Waals surface area contributed by atoms with Gasteiger partial charge in [0.15, 0.2) is 8.68 Å². The molecule has 12 heteroatoms. The average Bonchev–Trinajstić information content (AvgIpc) is 3.75. The molecular formula is C43H48N4O4S4. The Labute approximate surface area is 340 Å². The Hall–Kier alpha value is -4.10. The van der Waals surface area contributed by atoms with Crippen LogP contribution in [0.1, 0.15) is 86.8 Å². The lowest BCUT2D eigenvalue weighted by Crippen LogP contribution is -2.17. The molecule has 0 aliphatic rings. The first kappa shape index (κ1) is 40.6. The summed E-state index contributed by atoms with van der Waals surface area (Å²) in [5.41, 5.74) is 10.2. The van der Waals surface area contributed by atoms with E-state index in [1.165, 1.54) is 34.7 Å². The molecule has 8 nitrogen and oxygen atoms in total. The highest BCUT2D eigenvalue weighted by Crippen LogP contribution is 2.36. The molecule has 6 rings (SSSR count). The van der Waals surface area contributed by atoms with E-state index in [1.807, 2.05) is 50.2 Å². The van der Waals surface area contributed by atoms with Gasteiger partial charge in [-0.25, -0.2) is 9.97 Å². The van der Waals surface area contributed by atoms with Crippen molar-refractivity contribution in [2.45, 2.75) is 82.3 Å². The Morgan fingerprint density at radius 3 is 1.45 bits per heavy atom. The van der Waals surface area contributed by atoms with Gasteiger partial charge in [0.05, 0.1) is 45.2 Å². The monoisotopic (exact) mass is 812 g/mol. The molecule has 2 aromatic heterocycles. The number of rotatable bonds is 16. The number of aryl methyl sites for hydroxylation is 2. The first-order valence-electron chi connectivity index (χ1n) is 18.6. The number of thiazole rings is 2. The van der Waals surface area contributed by atoms with E-state index in [9.17, 15) is 9.59 Å². The van der Waals surface area contributed by atoms with Crippen LogP contribution in [-0.2, 0) is 16.0 Å². The molecule has 0 unspecified atom stereocenters. The number of anilines is 2. The predicted octanol–water partition coefficient (Wildman–Crippen LogP) is 11.6. The zero-order valence-electron chi connectivity index (χ0n) is 32.6. The second-order valence-electron chi connectivity index (χ2n) is 14.0. The largest absolute Gasteiger partial charge is 0.494 e. The van der Waals surface area contributed by atoms with Gasteiger partial charge in [0.1, 0.15) is 11.5 Å². The third kappa shape index (κ3) is 10.2. The SMILES string of the molecule is CCOc1ccc2nc(SCC(=O)Nc3c(C)cc(Cc4cc(C)c(NC(=O)CSc5nc6ccc(OCC)cc6s5)c(C(C)C)c4)cc3C(C)C)sc2c1. The third-order valence-corrected chi connectivity index (χ3v) is 13.3. The van der Waals surface area contributed by atoms with E-state index in [4.69, 9.17) is 19.4 Å². The zero-order valence-corrected chi connectivity index (χ0v) is 35.9. The Kier molecular flexibility index (Phi) is 13.4. The first-order chi connectivity index (χ1) is 26.4. The highest BCUT2D eigenvalue weighted by molar-refractivity contribution is 8.02. The lowest BCUT2D eigenvalue weighted by atomic mass is 9.90. The number of nitrogens with zero attached hydrogens (tertiary/aromatic N) is 2. The van der Waals surface area contributed by atoms with Crippen LogP contribution in [0.2, 0.25) is 0 Å². The minimum atomic E-state index is -0.0542. The van der Waals surface area contributed by atoms with Gasteiger partial charge in [-0.1, -0.05) is 75.5 Å². The summed E-state index contributed by atoms with van der Waals surface area (Å²) in [6.07, 6.45) is 0.737.